The molecule has 2 fully saturated rings. The number of nitrogens with zero attached hydrogens (tertiary/aromatic N) is 1. The minimum atomic E-state index is -3.26. The molecule has 1 heterocycles. The third kappa shape index (κ3) is 2.03. The largest absolute Gasteiger partial charge is 0.481 e. The zero-order valence-electron chi connectivity index (χ0n) is 11.7. The summed E-state index contributed by atoms with van der Waals surface area (Å²) in [7, 11) is 0. The zero-order chi connectivity index (χ0) is 16.0. The summed E-state index contributed by atoms with van der Waals surface area (Å²) >= 11 is 0. The van der Waals surface area contributed by atoms with Gasteiger partial charge in [-0.3, -0.25) is 4.79 Å². The minimum absolute atomic E-state index is 0.0357. The van der Waals surface area contributed by atoms with E-state index in [2.05, 4.69) is 0 Å². The van der Waals surface area contributed by atoms with Gasteiger partial charge in [0.1, 0.15) is 12.0 Å². The summed E-state index contributed by atoms with van der Waals surface area (Å²) in [6.07, 6.45) is -0.939. The number of benzene rings is 1. The summed E-state index contributed by atoms with van der Waals surface area (Å²) < 4.78 is 32.6. The van der Waals surface area contributed by atoms with Gasteiger partial charge in [0, 0.05) is 13.1 Å². The number of carbonyl (C=O) groups is 2. The zero-order valence-corrected chi connectivity index (χ0v) is 11.7. The minimum Gasteiger partial charge on any atom is -0.481 e. The number of piperidine rings is 1. The molecule has 1 amide bonds. The molecule has 1 aliphatic heterocycles. The third-order valence-electron chi connectivity index (χ3n) is 4.57. The van der Waals surface area contributed by atoms with Crippen LogP contribution in [0.15, 0.2) is 30.3 Å². The Morgan fingerprint density at radius 3 is 2.59 bits per heavy atom. The van der Waals surface area contributed by atoms with Gasteiger partial charge in [-0.1, -0.05) is 30.3 Å². The fourth-order valence-corrected chi connectivity index (χ4v) is 3.14. The molecule has 5 nitrogen and oxygen atoms in total. The number of hydrogen-bond donors (Lipinski definition) is 1. The SMILES string of the molecule is O=C(OCc1ccccc1)N1CC[C@]2(C(=O)O)[C@H](C1)C2(F)F. The van der Waals surface area contributed by atoms with Gasteiger partial charge >= 0.3 is 12.1 Å². The Bertz CT molecular complexity index is 607. The Kier molecular flexibility index (Phi) is 3.30. The first kappa shape index (κ1) is 14.7. The van der Waals surface area contributed by atoms with E-state index in [-0.39, 0.29) is 26.1 Å². The van der Waals surface area contributed by atoms with Gasteiger partial charge in [0.15, 0.2) is 0 Å². The van der Waals surface area contributed by atoms with Gasteiger partial charge in [0.25, 0.3) is 5.92 Å². The van der Waals surface area contributed by atoms with Crippen molar-refractivity contribution in [1.29, 1.82) is 0 Å². The summed E-state index contributed by atoms with van der Waals surface area (Å²) in [6, 6.07) is 9.00. The number of hydrogen-bond acceptors (Lipinski definition) is 3. The second-order valence-corrected chi connectivity index (χ2v) is 5.69. The molecule has 0 unspecified atom stereocenters. The van der Waals surface area contributed by atoms with E-state index in [9.17, 15) is 18.4 Å². The Labute approximate surface area is 125 Å². The van der Waals surface area contributed by atoms with Crippen LogP contribution >= 0.6 is 0 Å². The Hall–Kier alpha value is -2.18. The number of likely N-dealkylation sites (tertiary alicyclic amines) is 1. The molecular weight excluding hydrogens is 296 g/mol. The lowest BCUT2D eigenvalue weighted by Gasteiger charge is -2.27. The maximum Gasteiger partial charge on any atom is 0.410 e. The van der Waals surface area contributed by atoms with E-state index in [1.807, 2.05) is 6.07 Å². The van der Waals surface area contributed by atoms with Crippen molar-refractivity contribution in [2.24, 2.45) is 11.3 Å². The van der Waals surface area contributed by atoms with Gasteiger partial charge in [-0.15, -0.1) is 0 Å². The maximum absolute atomic E-state index is 13.7. The summed E-state index contributed by atoms with van der Waals surface area (Å²) in [4.78, 5) is 24.2. The van der Waals surface area contributed by atoms with Crippen molar-refractivity contribution in [3.63, 3.8) is 0 Å². The van der Waals surface area contributed by atoms with Crippen molar-refractivity contribution in [3.05, 3.63) is 35.9 Å². The molecule has 1 aliphatic carbocycles. The summed E-state index contributed by atoms with van der Waals surface area (Å²) in [5.74, 6) is -6.07. The monoisotopic (exact) mass is 311 g/mol. The number of amides is 1. The second kappa shape index (κ2) is 4.93. The van der Waals surface area contributed by atoms with Crippen LogP contribution < -0.4 is 0 Å². The molecule has 1 aromatic rings. The molecule has 22 heavy (non-hydrogen) atoms. The highest BCUT2D eigenvalue weighted by molar-refractivity contribution is 5.82. The van der Waals surface area contributed by atoms with E-state index in [1.54, 1.807) is 24.3 Å². The molecule has 1 aromatic carbocycles. The highest BCUT2D eigenvalue weighted by Crippen LogP contribution is 2.69. The van der Waals surface area contributed by atoms with Gasteiger partial charge in [-0.25, -0.2) is 13.6 Å². The molecule has 0 radical (unpaired) electrons. The Morgan fingerprint density at radius 2 is 2.00 bits per heavy atom. The van der Waals surface area contributed by atoms with E-state index < -0.39 is 29.3 Å². The topological polar surface area (TPSA) is 66.8 Å². The van der Waals surface area contributed by atoms with E-state index in [0.29, 0.717) is 0 Å². The average molecular weight is 311 g/mol. The van der Waals surface area contributed by atoms with Crippen LogP contribution in [0.2, 0.25) is 0 Å². The van der Waals surface area contributed by atoms with E-state index >= 15 is 0 Å². The van der Waals surface area contributed by atoms with E-state index in [4.69, 9.17) is 9.84 Å². The van der Waals surface area contributed by atoms with Gasteiger partial charge in [0.05, 0.1) is 5.92 Å². The smallest absolute Gasteiger partial charge is 0.410 e. The fraction of sp³-hybridized carbons (Fsp3) is 0.467. The lowest BCUT2D eigenvalue weighted by atomic mass is 9.95. The van der Waals surface area contributed by atoms with E-state index in [0.717, 1.165) is 10.5 Å². The molecule has 2 atom stereocenters. The van der Waals surface area contributed by atoms with Gasteiger partial charge in [0.2, 0.25) is 0 Å². The average Bonchev–Trinajstić information content (AvgIpc) is 3.03. The predicted molar refractivity (Wildman–Crippen MR) is 71.3 cm³/mol. The maximum atomic E-state index is 13.7. The molecule has 1 N–H and O–H groups in total. The number of fused-ring (bicyclic) bond motifs is 1. The fourth-order valence-electron chi connectivity index (χ4n) is 3.14. The standard InChI is InChI=1S/C15H15F2NO4/c16-15(17)11-8-18(7-6-14(11,15)12(19)20)13(21)22-9-10-4-2-1-3-5-10/h1-5,11H,6-9H2,(H,19,20)/t11-,14+/m0/s1. The molecule has 118 valence electrons. The number of halogens is 2. The number of aliphatic carboxylic acids is 1. The van der Waals surface area contributed by atoms with Crippen molar-refractivity contribution < 1.29 is 28.2 Å². The molecule has 1 saturated heterocycles. The number of carboxylic acid groups (broad SMARTS) is 1. The second-order valence-electron chi connectivity index (χ2n) is 5.69. The first-order valence-electron chi connectivity index (χ1n) is 6.96. The Morgan fingerprint density at radius 1 is 1.32 bits per heavy atom. The summed E-state index contributed by atoms with van der Waals surface area (Å²) in [5.41, 5.74) is -1.20. The molecule has 0 aromatic heterocycles. The van der Waals surface area contributed by atoms with Gasteiger partial charge in [-0.2, -0.15) is 0 Å². The molecule has 0 bridgehead atoms. The van der Waals surface area contributed by atoms with E-state index in [1.165, 1.54) is 0 Å². The number of carbonyl (C=O) groups excluding carboxylic acids is 1. The first-order valence-corrected chi connectivity index (χ1v) is 6.96. The summed E-state index contributed by atoms with van der Waals surface area (Å²) in [6.45, 7) is -0.264. The Balaban J connectivity index is 1.59. The number of rotatable bonds is 3. The van der Waals surface area contributed by atoms with Crippen LogP contribution in [-0.4, -0.2) is 41.1 Å². The lowest BCUT2D eigenvalue weighted by molar-refractivity contribution is -0.148. The van der Waals surface area contributed by atoms with Crippen LogP contribution in [0, 0.1) is 11.3 Å². The predicted octanol–water partition coefficient (Wildman–Crippen LogP) is 2.37. The quantitative estimate of drug-likeness (QED) is 0.930. The van der Waals surface area contributed by atoms with Crippen molar-refractivity contribution in [1.82, 2.24) is 4.90 Å². The van der Waals surface area contributed by atoms with Crippen LogP contribution in [-0.2, 0) is 16.1 Å². The molecular formula is C15H15F2NO4. The van der Waals surface area contributed by atoms with Crippen molar-refractivity contribution in [3.8, 4) is 0 Å². The number of alkyl halides is 2. The van der Waals surface area contributed by atoms with Crippen molar-refractivity contribution in [2.75, 3.05) is 13.1 Å². The summed E-state index contributed by atoms with van der Waals surface area (Å²) in [5, 5.41) is 9.04. The van der Waals surface area contributed by atoms with Crippen LogP contribution in [0.1, 0.15) is 12.0 Å². The molecule has 3 rings (SSSR count). The molecule has 2 aliphatic rings. The number of carboxylic acids is 1. The van der Waals surface area contributed by atoms with Crippen LogP contribution in [0.25, 0.3) is 0 Å². The highest BCUT2D eigenvalue weighted by Gasteiger charge is 2.86. The normalized spacial score (nSPS) is 28.6. The molecule has 1 saturated carbocycles. The van der Waals surface area contributed by atoms with Gasteiger partial charge in [-0.05, 0) is 12.0 Å². The first-order chi connectivity index (χ1) is 10.4. The molecule has 0 spiro atoms. The lowest BCUT2D eigenvalue weighted by Crippen LogP contribution is -2.41. The van der Waals surface area contributed by atoms with Crippen molar-refractivity contribution >= 4 is 12.1 Å². The van der Waals surface area contributed by atoms with Gasteiger partial charge < -0.3 is 14.7 Å². The van der Waals surface area contributed by atoms with Crippen molar-refractivity contribution in [2.45, 2.75) is 19.0 Å². The highest BCUT2D eigenvalue weighted by atomic mass is 19.3. The van der Waals surface area contributed by atoms with Crippen LogP contribution in [0.3, 0.4) is 0 Å². The molecule has 7 heteroatoms. The van der Waals surface area contributed by atoms with Crippen LogP contribution in [0.4, 0.5) is 13.6 Å². The third-order valence-corrected chi connectivity index (χ3v) is 4.57. The number of ether oxygens (including phenoxy) is 1. The van der Waals surface area contributed by atoms with Crippen LogP contribution in [0.5, 0.6) is 0 Å².